The van der Waals surface area contributed by atoms with E-state index >= 15 is 0 Å². The van der Waals surface area contributed by atoms with Crippen LogP contribution in [0.25, 0.3) is 0 Å². The summed E-state index contributed by atoms with van der Waals surface area (Å²) in [6.45, 7) is 9.40. The Bertz CT molecular complexity index is 728. The van der Waals surface area contributed by atoms with Gasteiger partial charge in [0.15, 0.2) is 0 Å². The molecule has 166 valence electrons. The minimum Gasteiger partial charge on any atom is -0.493 e. The molecule has 0 radical (unpaired) electrons. The Kier molecular flexibility index (Phi) is 7.75. The summed E-state index contributed by atoms with van der Waals surface area (Å²) in [4.78, 5) is 27.9. The fourth-order valence-corrected chi connectivity index (χ4v) is 4.16. The molecular weight excluding hydrogens is 380 g/mol. The number of benzene rings is 1. The van der Waals surface area contributed by atoms with E-state index in [9.17, 15) is 9.59 Å². The van der Waals surface area contributed by atoms with Gasteiger partial charge in [-0.3, -0.25) is 9.59 Å². The van der Waals surface area contributed by atoms with Gasteiger partial charge in [-0.05, 0) is 49.8 Å². The number of nitrogens with one attached hydrogen (secondary N) is 1. The lowest BCUT2D eigenvalue weighted by atomic mass is 9.90. The van der Waals surface area contributed by atoms with Crippen LogP contribution in [0.3, 0.4) is 0 Å². The highest BCUT2D eigenvalue weighted by Gasteiger charge is 2.35. The molecule has 6 heteroatoms. The van der Waals surface area contributed by atoms with Gasteiger partial charge in [-0.2, -0.15) is 0 Å². The van der Waals surface area contributed by atoms with Crippen LogP contribution in [0.1, 0.15) is 58.4 Å². The van der Waals surface area contributed by atoms with Gasteiger partial charge in [0.1, 0.15) is 11.8 Å². The van der Waals surface area contributed by atoms with Crippen LogP contribution >= 0.6 is 0 Å². The summed E-state index contributed by atoms with van der Waals surface area (Å²) in [6, 6.07) is 7.49. The van der Waals surface area contributed by atoms with Crippen LogP contribution in [0.5, 0.6) is 5.75 Å². The molecule has 3 rings (SSSR count). The zero-order valence-electron chi connectivity index (χ0n) is 18.6. The Morgan fingerprint density at radius 1 is 1.30 bits per heavy atom. The van der Waals surface area contributed by atoms with Crippen LogP contribution in [-0.4, -0.2) is 49.1 Å². The molecule has 0 aromatic heterocycles. The van der Waals surface area contributed by atoms with Crippen molar-refractivity contribution >= 4 is 11.8 Å². The molecule has 0 bridgehead atoms. The summed E-state index contributed by atoms with van der Waals surface area (Å²) < 4.78 is 11.3. The maximum absolute atomic E-state index is 13.4. The van der Waals surface area contributed by atoms with E-state index in [-0.39, 0.29) is 23.1 Å². The second-order valence-electron chi connectivity index (χ2n) is 9.02. The smallest absolute Gasteiger partial charge is 0.242 e. The number of carbonyl (C=O) groups is 2. The molecule has 1 atom stereocenters. The van der Waals surface area contributed by atoms with Crippen molar-refractivity contribution in [1.82, 2.24) is 10.2 Å². The standard InChI is InChI=1S/C24H36N2O4/c1-4-19(5-2)23(28)26(21-11-6-7-12-25-22(21)27)14-18-9-8-10-20(13-18)30-17-24(3)15-29-16-24/h8-10,13,19,21H,4-7,11-12,14-17H2,1-3H3,(H,25,27)/t21-/m0/s1. The molecule has 1 N–H and O–H groups in total. The van der Waals surface area contributed by atoms with Gasteiger partial charge in [-0.1, -0.05) is 32.9 Å². The van der Waals surface area contributed by atoms with Crippen molar-refractivity contribution < 1.29 is 19.1 Å². The second-order valence-corrected chi connectivity index (χ2v) is 9.02. The largest absolute Gasteiger partial charge is 0.493 e. The van der Waals surface area contributed by atoms with Gasteiger partial charge in [0.25, 0.3) is 0 Å². The molecule has 2 heterocycles. The lowest BCUT2D eigenvalue weighted by molar-refractivity contribution is -0.144. The molecule has 2 aliphatic rings. The number of ether oxygens (including phenoxy) is 2. The summed E-state index contributed by atoms with van der Waals surface area (Å²) in [5.41, 5.74) is 1.06. The normalized spacial score (nSPS) is 20.8. The summed E-state index contributed by atoms with van der Waals surface area (Å²) in [5.74, 6) is 0.782. The number of nitrogens with zero attached hydrogens (tertiary/aromatic N) is 1. The first-order chi connectivity index (χ1) is 14.5. The Labute approximate surface area is 180 Å². The summed E-state index contributed by atoms with van der Waals surface area (Å²) in [6.07, 6.45) is 4.18. The van der Waals surface area contributed by atoms with Crippen LogP contribution < -0.4 is 10.1 Å². The highest BCUT2D eigenvalue weighted by molar-refractivity contribution is 5.88. The first-order valence-electron chi connectivity index (χ1n) is 11.3. The summed E-state index contributed by atoms with van der Waals surface area (Å²) in [5, 5.41) is 2.98. The van der Waals surface area contributed by atoms with Gasteiger partial charge < -0.3 is 19.7 Å². The SMILES string of the molecule is CCC(CC)C(=O)N(Cc1cccc(OCC2(C)COC2)c1)[C@H]1CCCCNC1=O. The van der Waals surface area contributed by atoms with Crippen molar-refractivity contribution in [3.63, 3.8) is 0 Å². The van der Waals surface area contributed by atoms with Crippen LogP contribution in [-0.2, 0) is 20.9 Å². The average molecular weight is 417 g/mol. The quantitative estimate of drug-likeness (QED) is 0.669. The number of hydrogen-bond acceptors (Lipinski definition) is 4. The molecule has 2 aliphatic heterocycles. The third-order valence-corrected chi connectivity index (χ3v) is 6.24. The molecule has 2 saturated heterocycles. The van der Waals surface area contributed by atoms with Crippen LogP contribution in [0.2, 0.25) is 0 Å². The van der Waals surface area contributed by atoms with E-state index in [1.54, 1.807) is 4.90 Å². The van der Waals surface area contributed by atoms with Crippen molar-refractivity contribution in [2.45, 2.75) is 65.5 Å². The molecule has 6 nitrogen and oxygen atoms in total. The Morgan fingerprint density at radius 3 is 2.73 bits per heavy atom. The third-order valence-electron chi connectivity index (χ3n) is 6.24. The first kappa shape index (κ1) is 22.6. The molecule has 0 unspecified atom stereocenters. The van der Waals surface area contributed by atoms with E-state index in [4.69, 9.17) is 9.47 Å². The fraction of sp³-hybridized carbons (Fsp3) is 0.667. The first-order valence-corrected chi connectivity index (χ1v) is 11.3. The van der Waals surface area contributed by atoms with E-state index in [2.05, 4.69) is 12.2 Å². The molecule has 1 aromatic rings. The number of rotatable bonds is 9. The molecule has 0 spiro atoms. The maximum atomic E-state index is 13.4. The van der Waals surface area contributed by atoms with Crippen molar-refractivity contribution in [2.75, 3.05) is 26.4 Å². The molecule has 0 aliphatic carbocycles. The zero-order chi connectivity index (χ0) is 21.6. The summed E-state index contributed by atoms with van der Waals surface area (Å²) in [7, 11) is 0. The topological polar surface area (TPSA) is 67.9 Å². The van der Waals surface area contributed by atoms with Crippen molar-refractivity contribution in [3.05, 3.63) is 29.8 Å². The monoisotopic (exact) mass is 416 g/mol. The predicted octanol–water partition coefficient (Wildman–Crippen LogP) is 3.54. The molecule has 1 aromatic carbocycles. The van der Waals surface area contributed by atoms with Gasteiger partial charge in [0.2, 0.25) is 11.8 Å². The maximum Gasteiger partial charge on any atom is 0.242 e. The highest BCUT2D eigenvalue weighted by Crippen LogP contribution is 2.28. The van der Waals surface area contributed by atoms with Gasteiger partial charge in [-0.25, -0.2) is 0 Å². The van der Waals surface area contributed by atoms with Crippen LogP contribution in [0.15, 0.2) is 24.3 Å². The number of hydrogen-bond donors (Lipinski definition) is 1. The van der Waals surface area contributed by atoms with E-state index in [0.29, 0.717) is 26.1 Å². The highest BCUT2D eigenvalue weighted by atomic mass is 16.5. The second kappa shape index (κ2) is 10.3. The van der Waals surface area contributed by atoms with Gasteiger partial charge in [0, 0.05) is 24.4 Å². The molecule has 0 saturated carbocycles. The predicted molar refractivity (Wildman–Crippen MR) is 116 cm³/mol. The third kappa shape index (κ3) is 5.54. The molecular formula is C24H36N2O4. The Balaban J connectivity index is 1.77. The van der Waals surface area contributed by atoms with E-state index < -0.39 is 6.04 Å². The van der Waals surface area contributed by atoms with Crippen molar-refractivity contribution in [1.29, 1.82) is 0 Å². The lowest BCUT2D eigenvalue weighted by Crippen LogP contribution is -2.50. The van der Waals surface area contributed by atoms with Crippen LogP contribution in [0, 0.1) is 11.3 Å². The zero-order valence-corrected chi connectivity index (χ0v) is 18.6. The van der Waals surface area contributed by atoms with E-state index in [0.717, 1.165) is 50.2 Å². The molecule has 2 fully saturated rings. The number of amides is 2. The molecule has 2 amide bonds. The Morgan fingerprint density at radius 2 is 2.07 bits per heavy atom. The van der Waals surface area contributed by atoms with Crippen molar-refractivity contribution in [2.24, 2.45) is 11.3 Å². The van der Waals surface area contributed by atoms with E-state index in [1.165, 1.54) is 0 Å². The average Bonchev–Trinajstić information content (AvgIpc) is 2.94. The van der Waals surface area contributed by atoms with E-state index in [1.807, 2.05) is 38.1 Å². The van der Waals surface area contributed by atoms with Gasteiger partial charge >= 0.3 is 0 Å². The van der Waals surface area contributed by atoms with Crippen LogP contribution in [0.4, 0.5) is 0 Å². The minimum absolute atomic E-state index is 0.0304. The lowest BCUT2D eigenvalue weighted by Gasteiger charge is -2.37. The Hall–Kier alpha value is -2.08. The fourth-order valence-electron chi connectivity index (χ4n) is 4.16. The van der Waals surface area contributed by atoms with Gasteiger partial charge in [0.05, 0.1) is 19.8 Å². The molecule has 30 heavy (non-hydrogen) atoms. The summed E-state index contributed by atoms with van der Waals surface area (Å²) >= 11 is 0. The van der Waals surface area contributed by atoms with Gasteiger partial charge in [-0.15, -0.1) is 0 Å². The minimum atomic E-state index is -0.406. The van der Waals surface area contributed by atoms with Crippen molar-refractivity contribution in [3.8, 4) is 5.75 Å². The number of carbonyl (C=O) groups excluding carboxylic acids is 2.